The Hall–Kier alpha value is -4.38. The van der Waals surface area contributed by atoms with Crippen molar-refractivity contribution in [2.45, 2.75) is 52.7 Å². The third-order valence-electron chi connectivity index (χ3n) is 7.39. The number of ether oxygens (including phenoxy) is 4. The van der Waals surface area contributed by atoms with Gasteiger partial charge in [0.25, 0.3) is 11.5 Å². The topological polar surface area (TPSA) is 109 Å². The molecule has 2 aromatic carbocycles. The number of allylic oxidation sites excluding steroid dienone is 1. The Morgan fingerprint density at radius 2 is 1.80 bits per heavy atom. The number of likely N-dealkylation sites (tertiary alicyclic amines) is 1. The first-order valence-corrected chi connectivity index (χ1v) is 15.6. The molecule has 0 unspecified atom stereocenters. The van der Waals surface area contributed by atoms with Gasteiger partial charge in [-0.1, -0.05) is 29.5 Å². The number of thiazole rings is 1. The number of hydrogen-bond acceptors (Lipinski definition) is 9. The van der Waals surface area contributed by atoms with Crippen LogP contribution < -0.4 is 29.1 Å². The van der Waals surface area contributed by atoms with Gasteiger partial charge in [0.2, 0.25) is 0 Å². The summed E-state index contributed by atoms with van der Waals surface area (Å²) in [5.41, 5.74) is 1.96. The van der Waals surface area contributed by atoms with Gasteiger partial charge in [-0.3, -0.25) is 14.2 Å². The van der Waals surface area contributed by atoms with Gasteiger partial charge < -0.3 is 23.8 Å². The van der Waals surface area contributed by atoms with Crippen molar-refractivity contribution >= 4 is 29.3 Å². The molecular formula is C33H37N3O7S. The normalized spacial score (nSPS) is 16.5. The van der Waals surface area contributed by atoms with Crippen molar-refractivity contribution in [1.29, 1.82) is 0 Å². The summed E-state index contributed by atoms with van der Waals surface area (Å²) in [6.07, 6.45) is 3.44. The summed E-state index contributed by atoms with van der Waals surface area (Å²) in [4.78, 5) is 46.7. The van der Waals surface area contributed by atoms with Crippen molar-refractivity contribution in [3.63, 3.8) is 0 Å². The SMILES string of the molecule is CCOc1ccc([C@@H]2C(C(=O)OC(C)C)=C(C)N=c3s/c(=C\c4ccc(OCC(=O)N5CCCC5)c(OC)c4)c(=O)n32)cc1. The standard InChI is InChI=1S/C33H37N3O7S/c1-6-41-24-12-10-23(11-13-24)30-29(32(39)43-20(2)3)21(4)34-33-36(30)31(38)27(44-33)18-22-9-14-25(26(17-22)40-5)42-19-28(37)35-15-7-8-16-35/h9-14,17-18,20,30H,6-8,15-16,19H2,1-5H3/b27-18-/t30-/m1/s1. The average Bonchev–Trinajstić information content (AvgIpc) is 3.64. The van der Waals surface area contributed by atoms with Crippen LogP contribution in [0.15, 0.2) is 63.5 Å². The second kappa shape index (κ2) is 13.5. The second-order valence-electron chi connectivity index (χ2n) is 10.8. The summed E-state index contributed by atoms with van der Waals surface area (Å²) in [7, 11) is 1.53. The fourth-order valence-corrected chi connectivity index (χ4v) is 6.38. The van der Waals surface area contributed by atoms with E-state index in [4.69, 9.17) is 18.9 Å². The molecule has 1 saturated heterocycles. The lowest BCUT2D eigenvalue weighted by Crippen LogP contribution is -2.40. The molecule has 232 valence electrons. The number of benzene rings is 2. The van der Waals surface area contributed by atoms with Crippen molar-refractivity contribution in [2.24, 2.45) is 4.99 Å². The van der Waals surface area contributed by atoms with E-state index in [0.717, 1.165) is 31.5 Å². The van der Waals surface area contributed by atoms with Gasteiger partial charge in [0.15, 0.2) is 22.9 Å². The van der Waals surface area contributed by atoms with Gasteiger partial charge in [-0.25, -0.2) is 9.79 Å². The first kappa shape index (κ1) is 31.1. The predicted molar refractivity (Wildman–Crippen MR) is 167 cm³/mol. The number of esters is 1. The minimum atomic E-state index is -0.728. The van der Waals surface area contributed by atoms with Crippen molar-refractivity contribution < 1.29 is 28.5 Å². The Balaban J connectivity index is 1.51. The van der Waals surface area contributed by atoms with E-state index in [9.17, 15) is 14.4 Å². The molecule has 2 aliphatic heterocycles. The summed E-state index contributed by atoms with van der Waals surface area (Å²) in [5.74, 6) is 1.01. The van der Waals surface area contributed by atoms with E-state index in [1.807, 2.05) is 31.2 Å². The molecule has 1 fully saturated rings. The van der Waals surface area contributed by atoms with Crippen LogP contribution in [-0.4, -0.2) is 60.9 Å². The highest BCUT2D eigenvalue weighted by Gasteiger charge is 2.34. The fourth-order valence-electron chi connectivity index (χ4n) is 5.33. The van der Waals surface area contributed by atoms with E-state index in [2.05, 4.69) is 4.99 Å². The first-order chi connectivity index (χ1) is 21.2. The second-order valence-corrected chi connectivity index (χ2v) is 11.8. The van der Waals surface area contributed by atoms with E-state index < -0.39 is 12.0 Å². The van der Waals surface area contributed by atoms with Crippen LogP contribution >= 0.6 is 11.3 Å². The molecule has 3 aromatic rings. The first-order valence-electron chi connectivity index (χ1n) is 14.7. The van der Waals surface area contributed by atoms with Crippen LogP contribution in [0.25, 0.3) is 6.08 Å². The van der Waals surface area contributed by atoms with Crippen LogP contribution in [0.2, 0.25) is 0 Å². The Kier molecular flexibility index (Phi) is 9.53. The third-order valence-corrected chi connectivity index (χ3v) is 8.37. The van der Waals surface area contributed by atoms with Crippen LogP contribution in [0.5, 0.6) is 17.2 Å². The zero-order valence-corrected chi connectivity index (χ0v) is 26.4. The summed E-state index contributed by atoms with van der Waals surface area (Å²) in [5, 5.41) is 0. The smallest absolute Gasteiger partial charge is 0.338 e. The maximum atomic E-state index is 14.0. The molecule has 2 aliphatic rings. The van der Waals surface area contributed by atoms with Crippen molar-refractivity contribution in [1.82, 2.24) is 9.47 Å². The average molecular weight is 620 g/mol. The summed E-state index contributed by atoms with van der Waals surface area (Å²) in [6.45, 7) is 9.20. The molecule has 1 atom stereocenters. The quantitative estimate of drug-likeness (QED) is 0.319. The van der Waals surface area contributed by atoms with Crippen LogP contribution in [0, 0.1) is 0 Å². The molecule has 10 nitrogen and oxygen atoms in total. The minimum absolute atomic E-state index is 0.0521. The van der Waals surface area contributed by atoms with Crippen molar-refractivity contribution in [3.05, 3.63) is 84.5 Å². The predicted octanol–water partition coefficient (Wildman–Crippen LogP) is 3.60. The summed E-state index contributed by atoms with van der Waals surface area (Å²) < 4.78 is 24.5. The van der Waals surface area contributed by atoms with E-state index in [1.54, 1.807) is 54.5 Å². The maximum Gasteiger partial charge on any atom is 0.338 e. The largest absolute Gasteiger partial charge is 0.494 e. The molecule has 1 amide bonds. The van der Waals surface area contributed by atoms with Crippen LogP contribution in [-0.2, 0) is 14.3 Å². The highest BCUT2D eigenvalue weighted by molar-refractivity contribution is 7.07. The van der Waals surface area contributed by atoms with Crippen molar-refractivity contribution in [2.75, 3.05) is 33.4 Å². The van der Waals surface area contributed by atoms with E-state index >= 15 is 0 Å². The zero-order chi connectivity index (χ0) is 31.4. The molecule has 11 heteroatoms. The number of carbonyl (C=O) groups excluding carboxylic acids is 2. The molecule has 0 bridgehead atoms. The molecule has 0 spiro atoms. The third kappa shape index (κ3) is 6.57. The monoisotopic (exact) mass is 619 g/mol. The van der Waals surface area contributed by atoms with Crippen LogP contribution in [0.1, 0.15) is 57.7 Å². The molecule has 0 saturated carbocycles. The van der Waals surface area contributed by atoms with Gasteiger partial charge in [-0.05, 0) is 82.0 Å². The molecule has 5 rings (SSSR count). The number of methoxy groups -OCH3 is 1. The van der Waals surface area contributed by atoms with Gasteiger partial charge in [0.1, 0.15) is 5.75 Å². The lowest BCUT2D eigenvalue weighted by molar-refractivity contribution is -0.143. The molecule has 0 aliphatic carbocycles. The molecular weight excluding hydrogens is 582 g/mol. The Morgan fingerprint density at radius 1 is 1.07 bits per heavy atom. The number of aromatic nitrogens is 1. The van der Waals surface area contributed by atoms with E-state index in [-0.39, 0.29) is 24.2 Å². The lowest BCUT2D eigenvalue weighted by Gasteiger charge is -2.25. The highest BCUT2D eigenvalue weighted by Crippen LogP contribution is 2.32. The van der Waals surface area contributed by atoms with Gasteiger partial charge in [0, 0.05) is 13.1 Å². The molecule has 0 radical (unpaired) electrons. The van der Waals surface area contributed by atoms with Crippen LogP contribution in [0.3, 0.4) is 0 Å². The number of rotatable bonds is 10. The number of fused-ring (bicyclic) bond motifs is 1. The Morgan fingerprint density at radius 3 is 2.45 bits per heavy atom. The van der Waals surface area contributed by atoms with E-state index in [1.165, 1.54) is 18.4 Å². The van der Waals surface area contributed by atoms with Crippen LogP contribution in [0.4, 0.5) is 0 Å². The highest BCUT2D eigenvalue weighted by atomic mass is 32.1. The summed E-state index contributed by atoms with van der Waals surface area (Å²) in [6, 6.07) is 11.9. The summed E-state index contributed by atoms with van der Waals surface area (Å²) >= 11 is 1.24. The number of amides is 1. The molecule has 3 heterocycles. The van der Waals surface area contributed by atoms with Gasteiger partial charge in [-0.2, -0.15) is 0 Å². The fraction of sp³-hybridized carbons (Fsp3) is 0.394. The number of carbonyl (C=O) groups is 2. The molecule has 1 aromatic heterocycles. The number of hydrogen-bond donors (Lipinski definition) is 0. The number of nitrogens with zero attached hydrogens (tertiary/aromatic N) is 3. The van der Waals surface area contributed by atoms with Gasteiger partial charge >= 0.3 is 5.97 Å². The molecule has 44 heavy (non-hydrogen) atoms. The van der Waals surface area contributed by atoms with Gasteiger partial charge in [-0.15, -0.1) is 0 Å². The zero-order valence-electron chi connectivity index (χ0n) is 25.6. The van der Waals surface area contributed by atoms with E-state index in [0.29, 0.717) is 50.0 Å². The Labute approximate surface area is 259 Å². The lowest BCUT2D eigenvalue weighted by atomic mass is 9.96. The maximum absolute atomic E-state index is 14.0. The van der Waals surface area contributed by atoms with Gasteiger partial charge in [0.05, 0.1) is 41.7 Å². The van der Waals surface area contributed by atoms with Crippen molar-refractivity contribution in [3.8, 4) is 17.2 Å². The Bertz CT molecular complexity index is 1750. The minimum Gasteiger partial charge on any atom is -0.494 e. The molecule has 0 N–H and O–H groups in total.